The van der Waals surface area contributed by atoms with Crippen LogP contribution in [0.3, 0.4) is 0 Å². The molecule has 38 heavy (non-hydrogen) atoms. The fourth-order valence-electron chi connectivity index (χ4n) is 4.22. The SMILES string of the molecule is CCCN(CC(=O)Nc1c(-c2ccccc2)c(C)nn1-c1ccccc1C)C(=O)Nc1ccc(F)cc1F. The van der Waals surface area contributed by atoms with Gasteiger partial charge in [-0.1, -0.05) is 55.5 Å². The monoisotopic (exact) mass is 517 g/mol. The molecule has 0 saturated heterocycles. The van der Waals surface area contributed by atoms with Crippen molar-refractivity contribution >= 4 is 23.4 Å². The zero-order valence-corrected chi connectivity index (χ0v) is 21.5. The summed E-state index contributed by atoms with van der Waals surface area (Å²) in [7, 11) is 0. The first-order chi connectivity index (χ1) is 18.3. The van der Waals surface area contributed by atoms with Gasteiger partial charge in [0.1, 0.15) is 24.0 Å². The average molecular weight is 518 g/mol. The molecule has 2 N–H and O–H groups in total. The Balaban J connectivity index is 1.63. The summed E-state index contributed by atoms with van der Waals surface area (Å²) in [6.07, 6.45) is 0.572. The van der Waals surface area contributed by atoms with E-state index in [0.717, 1.165) is 40.2 Å². The second kappa shape index (κ2) is 11.7. The molecule has 3 amide bonds. The van der Waals surface area contributed by atoms with E-state index in [1.807, 2.05) is 75.4 Å². The third kappa shape index (κ3) is 5.88. The predicted octanol–water partition coefficient (Wildman–Crippen LogP) is 6.32. The van der Waals surface area contributed by atoms with Gasteiger partial charge in [0.25, 0.3) is 0 Å². The van der Waals surface area contributed by atoms with Crippen LogP contribution in [0, 0.1) is 25.5 Å². The highest BCUT2D eigenvalue weighted by Crippen LogP contribution is 2.34. The molecule has 4 rings (SSSR count). The van der Waals surface area contributed by atoms with Gasteiger partial charge in [-0.05, 0) is 49.6 Å². The summed E-state index contributed by atoms with van der Waals surface area (Å²) in [4.78, 5) is 27.5. The highest BCUT2D eigenvalue weighted by Gasteiger charge is 2.23. The van der Waals surface area contributed by atoms with E-state index in [-0.39, 0.29) is 18.8 Å². The molecule has 0 spiro atoms. The molecule has 1 heterocycles. The maximum atomic E-state index is 14.1. The third-order valence-electron chi connectivity index (χ3n) is 6.01. The quantitative estimate of drug-likeness (QED) is 0.287. The number of rotatable bonds is 8. The number of aromatic nitrogens is 2. The van der Waals surface area contributed by atoms with E-state index in [1.165, 1.54) is 4.90 Å². The van der Waals surface area contributed by atoms with Crippen molar-refractivity contribution in [3.8, 4) is 16.8 Å². The van der Waals surface area contributed by atoms with E-state index in [0.29, 0.717) is 18.3 Å². The highest BCUT2D eigenvalue weighted by atomic mass is 19.1. The number of benzene rings is 3. The number of urea groups is 1. The Labute approximate surface area is 220 Å². The second-order valence-electron chi connectivity index (χ2n) is 8.90. The molecular weight excluding hydrogens is 488 g/mol. The van der Waals surface area contributed by atoms with Crippen LogP contribution in [0.4, 0.5) is 25.1 Å². The number of hydrogen-bond donors (Lipinski definition) is 2. The van der Waals surface area contributed by atoms with Crippen LogP contribution < -0.4 is 10.6 Å². The lowest BCUT2D eigenvalue weighted by molar-refractivity contribution is -0.116. The maximum Gasteiger partial charge on any atom is 0.322 e. The zero-order valence-electron chi connectivity index (χ0n) is 21.5. The fourth-order valence-corrected chi connectivity index (χ4v) is 4.22. The Morgan fingerprint density at radius 1 is 0.947 bits per heavy atom. The van der Waals surface area contributed by atoms with E-state index in [1.54, 1.807) is 4.68 Å². The van der Waals surface area contributed by atoms with Crippen LogP contribution in [0.1, 0.15) is 24.6 Å². The summed E-state index contributed by atoms with van der Waals surface area (Å²) in [5, 5.41) is 10.1. The lowest BCUT2D eigenvalue weighted by Crippen LogP contribution is -2.41. The summed E-state index contributed by atoms with van der Waals surface area (Å²) in [5.74, 6) is -1.61. The molecular formula is C29H29F2N5O2. The lowest BCUT2D eigenvalue weighted by atomic mass is 10.1. The van der Waals surface area contributed by atoms with Crippen molar-refractivity contribution in [2.24, 2.45) is 0 Å². The van der Waals surface area contributed by atoms with Crippen molar-refractivity contribution in [2.75, 3.05) is 23.7 Å². The highest BCUT2D eigenvalue weighted by molar-refractivity contribution is 5.99. The number of carbonyl (C=O) groups excluding carboxylic acids is 2. The van der Waals surface area contributed by atoms with Crippen LogP contribution >= 0.6 is 0 Å². The molecule has 1 aromatic heterocycles. The van der Waals surface area contributed by atoms with Crippen molar-refractivity contribution in [3.05, 3.63) is 95.7 Å². The van der Waals surface area contributed by atoms with Crippen LogP contribution in [0.25, 0.3) is 16.8 Å². The number of anilines is 2. The minimum absolute atomic E-state index is 0.169. The summed E-state index contributed by atoms with van der Waals surface area (Å²) >= 11 is 0. The van der Waals surface area contributed by atoms with Crippen molar-refractivity contribution < 1.29 is 18.4 Å². The van der Waals surface area contributed by atoms with Crippen LogP contribution in [-0.2, 0) is 4.79 Å². The Morgan fingerprint density at radius 2 is 1.66 bits per heavy atom. The number of nitrogens with zero attached hydrogens (tertiary/aromatic N) is 3. The molecule has 196 valence electrons. The topological polar surface area (TPSA) is 79.3 Å². The molecule has 3 aromatic carbocycles. The smallest absolute Gasteiger partial charge is 0.315 e. The minimum atomic E-state index is -0.899. The number of aryl methyl sites for hydroxylation is 2. The molecule has 0 aliphatic carbocycles. The Kier molecular flexibility index (Phi) is 8.15. The molecule has 0 bridgehead atoms. The molecule has 0 radical (unpaired) electrons. The average Bonchev–Trinajstić information content (AvgIpc) is 3.21. The number of para-hydroxylation sites is 1. The normalized spacial score (nSPS) is 10.8. The fraction of sp³-hybridized carbons (Fsp3) is 0.207. The van der Waals surface area contributed by atoms with Gasteiger partial charge in [-0.15, -0.1) is 0 Å². The van der Waals surface area contributed by atoms with Crippen molar-refractivity contribution in [3.63, 3.8) is 0 Å². The van der Waals surface area contributed by atoms with Gasteiger partial charge in [-0.2, -0.15) is 5.10 Å². The number of hydrogen-bond acceptors (Lipinski definition) is 3. The van der Waals surface area contributed by atoms with Crippen LogP contribution in [-0.4, -0.2) is 39.7 Å². The van der Waals surface area contributed by atoms with Gasteiger partial charge in [0, 0.05) is 18.2 Å². The Hall–Kier alpha value is -4.53. The van der Waals surface area contributed by atoms with Gasteiger partial charge < -0.3 is 15.5 Å². The number of amides is 3. The number of halogens is 2. The molecule has 0 fully saturated rings. The standard InChI is InChI=1S/C29H29F2N5O2/c1-4-16-35(29(38)32-24-15-14-22(30)17-23(24)31)18-26(37)33-28-27(21-11-6-5-7-12-21)20(3)34-36(28)25-13-9-8-10-19(25)2/h5-15,17H,4,16,18H2,1-3H3,(H,32,38)(H,33,37). The zero-order chi connectivity index (χ0) is 27.2. The van der Waals surface area contributed by atoms with E-state index in [4.69, 9.17) is 5.10 Å². The van der Waals surface area contributed by atoms with Crippen molar-refractivity contribution in [1.29, 1.82) is 0 Å². The van der Waals surface area contributed by atoms with Crippen LogP contribution in [0.5, 0.6) is 0 Å². The number of carbonyl (C=O) groups is 2. The lowest BCUT2D eigenvalue weighted by Gasteiger charge is -2.22. The first-order valence-corrected chi connectivity index (χ1v) is 12.3. The molecule has 4 aromatic rings. The van der Waals surface area contributed by atoms with Gasteiger partial charge in [-0.3, -0.25) is 4.79 Å². The van der Waals surface area contributed by atoms with Gasteiger partial charge in [0.2, 0.25) is 5.91 Å². The molecule has 0 aliphatic heterocycles. The molecule has 9 heteroatoms. The molecule has 0 aliphatic rings. The first-order valence-electron chi connectivity index (χ1n) is 12.3. The predicted molar refractivity (Wildman–Crippen MR) is 144 cm³/mol. The summed E-state index contributed by atoms with van der Waals surface area (Å²) in [6.45, 7) is 5.67. The molecule has 7 nitrogen and oxygen atoms in total. The Morgan fingerprint density at radius 3 is 2.34 bits per heavy atom. The first kappa shape index (κ1) is 26.5. The van der Waals surface area contributed by atoms with Crippen molar-refractivity contribution in [2.45, 2.75) is 27.2 Å². The van der Waals surface area contributed by atoms with Gasteiger partial charge >= 0.3 is 6.03 Å². The molecule has 0 saturated carbocycles. The molecule has 0 unspecified atom stereocenters. The summed E-state index contributed by atoms with van der Waals surface area (Å²) in [5.41, 5.74) is 3.99. The third-order valence-corrected chi connectivity index (χ3v) is 6.01. The molecule has 0 atom stereocenters. The van der Waals surface area contributed by atoms with Crippen LogP contribution in [0.15, 0.2) is 72.8 Å². The van der Waals surface area contributed by atoms with Crippen molar-refractivity contribution in [1.82, 2.24) is 14.7 Å². The minimum Gasteiger partial charge on any atom is -0.315 e. The van der Waals surface area contributed by atoms with Crippen LogP contribution in [0.2, 0.25) is 0 Å². The van der Waals surface area contributed by atoms with Gasteiger partial charge in [-0.25, -0.2) is 18.3 Å². The van der Waals surface area contributed by atoms with E-state index < -0.39 is 23.6 Å². The summed E-state index contributed by atoms with van der Waals surface area (Å²) < 4.78 is 29.0. The Bertz CT molecular complexity index is 1450. The van der Waals surface area contributed by atoms with Gasteiger partial charge in [0.15, 0.2) is 0 Å². The summed E-state index contributed by atoms with van der Waals surface area (Å²) in [6, 6.07) is 19.5. The maximum absolute atomic E-state index is 14.1. The largest absolute Gasteiger partial charge is 0.322 e. The number of nitrogens with one attached hydrogen (secondary N) is 2. The van der Waals surface area contributed by atoms with E-state index in [2.05, 4.69) is 10.6 Å². The second-order valence-corrected chi connectivity index (χ2v) is 8.90. The van der Waals surface area contributed by atoms with E-state index >= 15 is 0 Å². The van der Waals surface area contributed by atoms with E-state index in [9.17, 15) is 18.4 Å². The van der Waals surface area contributed by atoms with Gasteiger partial charge in [0.05, 0.1) is 17.1 Å².